The lowest BCUT2D eigenvalue weighted by atomic mass is 10.2. The van der Waals surface area contributed by atoms with Gasteiger partial charge in [-0.3, -0.25) is 4.57 Å². The Hall–Kier alpha value is -1.73. The first-order valence-corrected chi connectivity index (χ1v) is 4.59. The van der Waals surface area contributed by atoms with Gasteiger partial charge in [-0.1, -0.05) is 0 Å². The average Bonchev–Trinajstić information content (AvgIpc) is 2.22. The Labute approximate surface area is 89.8 Å². The molecule has 1 aliphatic heterocycles. The average molecular weight is 227 g/mol. The van der Waals surface area contributed by atoms with E-state index in [1.807, 2.05) is 0 Å². The third-order valence-corrected chi connectivity index (χ3v) is 2.17. The summed E-state index contributed by atoms with van der Waals surface area (Å²) in [6.07, 6.45) is 0.210. The van der Waals surface area contributed by atoms with Crippen molar-refractivity contribution >= 4 is 5.82 Å². The van der Waals surface area contributed by atoms with Crippen LogP contribution in [0.2, 0.25) is 0 Å². The lowest BCUT2D eigenvalue weighted by molar-refractivity contribution is -0.0345. The Bertz CT molecular complexity index is 485. The van der Waals surface area contributed by atoms with Crippen molar-refractivity contribution < 1.29 is 14.2 Å². The van der Waals surface area contributed by atoms with Crippen molar-refractivity contribution in [3.63, 3.8) is 0 Å². The first-order chi connectivity index (χ1) is 7.58. The maximum atomic E-state index is 13.1. The van der Waals surface area contributed by atoms with E-state index >= 15 is 0 Å². The fourth-order valence-electron chi connectivity index (χ4n) is 1.34. The lowest BCUT2D eigenvalue weighted by Gasteiger charge is -2.23. The Kier molecular flexibility index (Phi) is 2.71. The van der Waals surface area contributed by atoms with Crippen molar-refractivity contribution in [1.29, 1.82) is 0 Å². The minimum Gasteiger partial charge on any atom is -0.384 e. The van der Waals surface area contributed by atoms with Crippen LogP contribution in [-0.2, 0) is 4.74 Å². The van der Waals surface area contributed by atoms with Gasteiger partial charge in [-0.2, -0.15) is 4.98 Å². The summed E-state index contributed by atoms with van der Waals surface area (Å²) in [6.45, 7) is -0.205. The number of nitrogen functional groups attached to an aromatic ring is 1. The van der Waals surface area contributed by atoms with E-state index in [1.54, 1.807) is 0 Å². The molecule has 1 aromatic heterocycles. The zero-order valence-corrected chi connectivity index (χ0v) is 8.21. The Morgan fingerprint density at radius 3 is 3.06 bits per heavy atom. The molecule has 0 saturated carbocycles. The summed E-state index contributed by atoms with van der Waals surface area (Å²) in [4.78, 5) is 14.9. The molecule has 0 amide bonds. The molecule has 0 radical (unpaired) electrons. The molecule has 16 heavy (non-hydrogen) atoms. The maximum Gasteiger partial charge on any atom is 0.351 e. The molecule has 86 valence electrons. The molecule has 2 heterocycles. The minimum absolute atomic E-state index is 0.0848. The van der Waals surface area contributed by atoms with E-state index in [0.717, 1.165) is 10.6 Å². The van der Waals surface area contributed by atoms with Crippen molar-refractivity contribution in [1.82, 2.24) is 9.55 Å². The van der Waals surface area contributed by atoms with Crippen LogP contribution in [0.1, 0.15) is 6.23 Å². The highest BCUT2D eigenvalue weighted by molar-refractivity contribution is 5.23. The normalized spacial score (nSPS) is 25.2. The fourth-order valence-corrected chi connectivity index (χ4v) is 1.34. The molecule has 0 saturated heterocycles. The molecule has 0 bridgehead atoms. The highest BCUT2D eigenvalue weighted by Crippen LogP contribution is 2.20. The number of hydrogen-bond acceptors (Lipinski definition) is 5. The Balaban J connectivity index is 2.35. The van der Waals surface area contributed by atoms with Gasteiger partial charge in [-0.25, -0.2) is 9.18 Å². The number of nitrogens with two attached hydrogens (primary N) is 1. The second kappa shape index (κ2) is 4.03. The van der Waals surface area contributed by atoms with Crippen LogP contribution in [0.4, 0.5) is 10.2 Å². The number of nitrogens with zero attached hydrogens (tertiary/aromatic N) is 2. The quantitative estimate of drug-likeness (QED) is 0.679. The SMILES string of the molecule is Nc1ccn([C@@H]2C=C(F)[C@H](O)CO2)c(=O)n1. The fraction of sp³-hybridized carbons (Fsp3) is 0.333. The van der Waals surface area contributed by atoms with Crippen molar-refractivity contribution in [3.05, 3.63) is 34.7 Å². The van der Waals surface area contributed by atoms with Gasteiger partial charge in [0.15, 0.2) is 6.23 Å². The van der Waals surface area contributed by atoms with Crippen molar-refractivity contribution in [3.8, 4) is 0 Å². The first-order valence-electron chi connectivity index (χ1n) is 4.59. The predicted octanol–water partition coefficient (Wildman–Crippen LogP) is -0.431. The summed E-state index contributed by atoms with van der Waals surface area (Å²) < 4.78 is 19.3. The second-order valence-corrected chi connectivity index (χ2v) is 3.33. The molecule has 3 N–H and O–H groups in total. The topological polar surface area (TPSA) is 90.4 Å². The zero-order chi connectivity index (χ0) is 11.7. The van der Waals surface area contributed by atoms with E-state index in [4.69, 9.17) is 15.6 Å². The van der Waals surface area contributed by atoms with Gasteiger partial charge in [0.1, 0.15) is 17.7 Å². The summed E-state index contributed by atoms with van der Waals surface area (Å²) in [5, 5.41) is 9.06. The van der Waals surface area contributed by atoms with Gasteiger partial charge in [0, 0.05) is 6.20 Å². The number of rotatable bonds is 1. The molecule has 2 rings (SSSR count). The first kappa shape index (κ1) is 10.8. The third-order valence-electron chi connectivity index (χ3n) is 2.17. The van der Waals surface area contributed by atoms with Gasteiger partial charge in [-0.05, 0) is 12.1 Å². The second-order valence-electron chi connectivity index (χ2n) is 3.33. The molecule has 7 heteroatoms. The summed E-state index contributed by atoms with van der Waals surface area (Å²) in [5.41, 5.74) is 4.68. The van der Waals surface area contributed by atoms with Gasteiger partial charge in [-0.15, -0.1) is 0 Å². The van der Waals surface area contributed by atoms with E-state index in [9.17, 15) is 9.18 Å². The van der Waals surface area contributed by atoms with E-state index in [0.29, 0.717) is 0 Å². The Morgan fingerprint density at radius 1 is 1.69 bits per heavy atom. The molecular formula is C9H10FN3O3. The number of halogens is 1. The molecule has 0 spiro atoms. The molecule has 6 nitrogen and oxygen atoms in total. The van der Waals surface area contributed by atoms with Crippen molar-refractivity contribution in [2.45, 2.75) is 12.3 Å². The predicted molar refractivity (Wildman–Crippen MR) is 53.1 cm³/mol. The number of ether oxygens (including phenoxy) is 1. The summed E-state index contributed by atoms with van der Waals surface area (Å²) in [7, 11) is 0. The number of anilines is 1. The molecular weight excluding hydrogens is 217 g/mol. The third kappa shape index (κ3) is 1.95. The zero-order valence-electron chi connectivity index (χ0n) is 8.21. The van der Waals surface area contributed by atoms with Gasteiger partial charge < -0.3 is 15.6 Å². The maximum absolute atomic E-state index is 13.1. The van der Waals surface area contributed by atoms with Crippen LogP contribution in [0.15, 0.2) is 29.0 Å². The molecule has 0 aromatic carbocycles. The minimum atomic E-state index is -1.27. The van der Waals surface area contributed by atoms with Crippen molar-refractivity contribution in [2.24, 2.45) is 0 Å². The standard InChI is InChI=1S/C9H10FN3O3/c10-5-3-8(16-4-6(5)14)13-2-1-7(11)12-9(13)15/h1-3,6,8,14H,4H2,(H2,11,12,15)/t6-,8+/m1/s1. The van der Waals surface area contributed by atoms with Crippen LogP contribution in [0.3, 0.4) is 0 Å². The van der Waals surface area contributed by atoms with Crippen LogP contribution in [0.5, 0.6) is 0 Å². The smallest absolute Gasteiger partial charge is 0.351 e. The Morgan fingerprint density at radius 2 is 2.44 bits per heavy atom. The lowest BCUT2D eigenvalue weighted by Crippen LogP contribution is -2.32. The number of aliphatic hydroxyl groups is 1. The van der Waals surface area contributed by atoms with E-state index < -0.39 is 23.8 Å². The van der Waals surface area contributed by atoms with Gasteiger partial charge in [0.25, 0.3) is 0 Å². The molecule has 0 unspecified atom stereocenters. The molecule has 1 aromatic rings. The summed E-state index contributed by atoms with van der Waals surface area (Å²) in [5.74, 6) is -0.637. The van der Waals surface area contributed by atoms with Crippen LogP contribution in [0, 0.1) is 0 Å². The van der Waals surface area contributed by atoms with E-state index in [2.05, 4.69) is 4.98 Å². The largest absolute Gasteiger partial charge is 0.384 e. The summed E-state index contributed by atoms with van der Waals surface area (Å²) in [6, 6.07) is 1.40. The van der Waals surface area contributed by atoms with Gasteiger partial charge in [0.05, 0.1) is 6.61 Å². The molecule has 1 aliphatic rings. The van der Waals surface area contributed by atoms with E-state index in [1.165, 1.54) is 12.3 Å². The highest BCUT2D eigenvalue weighted by Gasteiger charge is 2.23. The summed E-state index contributed by atoms with van der Waals surface area (Å²) >= 11 is 0. The number of aliphatic hydroxyl groups excluding tert-OH is 1. The van der Waals surface area contributed by atoms with E-state index in [-0.39, 0.29) is 12.4 Å². The van der Waals surface area contributed by atoms with Crippen LogP contribution >= 0.6 is 0 Å². The molecule has 2 atom stereocenters. The van der Waals surface area contributed by atoms with Gasteiger partial charge in [0.2, 0.25) is 0 Å². The monoisotopic (exact) mass is 227 g/mol. The molecule has 0 aliphatic carbocycles. The van der Waals surface area contributed by atoms with Crippen LogP contribution in [-0.4, -0.2) is 27.4 Å². The van der Waals surface area contributed by atoms with Crippen molar-refractivity contribution in [2.75, 3.05) is 12.3 Å². The van der Waals surface area contributed by atoms with Gasteiger partial charge >= 0.3 is 5.69 Å². The van der Waals surface area contributed by atoms with Crippen LogP contribution < -0.4 is 11.4 Å². The number of hydrogen-bond donors (Lipinski definition) is 2. The highest BCUT2D eigenvalue weighted by atomic mass is 19.1. The number of aromatic nitrogens is 2. The molecule has 0 fully saturated rings. The van der Waals surface area contributed by atoms with Crippen LogP contribution in [0.25, 0.3) is 0 Å².